The summed E-state index contributed by atoms with van der Waals surface area (Å²) in [6.45, 7) is 3.91. The van der Waals surface area contributed by atoms with Gasteiger partial charge in [0.05, 0.1) is 6.54 Å². The molecule has 26 heavy (non-hydrogen) atoms. The van der Waals surface area contributed by atoms with Gasteiger partial charge < -0.3 is 4.90 Å². The molecule has 1 aromatic heterocycles. The molecule has 0 N–H and O–H groups in total. The van der Waals surface area contributed by atoms with E-state index in [-0.39, 0.29) is 17.4 Å². The van der Waals surface area contributed by atoms with Crippen molar-refractivity contribution >= 4 is 5.91 Å². The molecule has 1 aliphatic heterocycles. The lowest BCUT2D eigenvalue weighted by Crippen LogP contribution is -2.42. The Bertz CT molecular complexity index is 1000. The predicted octanol–water partition coefficient (Wildman–Crippen LogP) is 2.06. The Labute approximate surface area is 151 Å². The fourth-order valence-electron chi connectivity index (χ4n) is 3.31. The fourth-order valence-corrected chi connectivity index (χ4v) is 3.31. The molecule has 0 fully saturated rings. The smallest absolute Gasteiger partial charge is 0.330 e. The normalized spacial score (nSPS) is 13.7. The van der Waals surface area contributed by atoms with E-state index in [2.05, 4.69) is 11.2 Å². The number of hydrogen-bond acceptors (Lipinski definition) is 3. The van der Waals surface area contributed by atoms with Gasteiger partial charge in [-0.3, -0.25) is 9.36 Å². The third kappa shape index (κ3) is 3.06. The topological polar surface area (TPSA) is 60.1 Å². The molecule has 6 heteroatoms. The maximum atomic E-state index is 12.8. The molecule has 132 valence electrons. The van der Waals surface area contributed by atoms with Gasteiger partial charge >= 0.3 is 5.69 Å². The molecule has 0 aliphatic carbocycles. The van der Waals surface area contributed by atoms with E-state index < -0.39 is 0 Å². The van der Waals surface area contributed by atoms with E-state index in [0.717, 1.165) is 16.7 Å². The molecule has 4 rings (SSSR count). The first-order valence-corrected chi connectivity index (χ1v) is 8.68. The zero-order valence-corrected chi connectivity index (χ0v) is 14.6. The van der Waals surface area contributed by atoms with Gasteiger partial charge in [0, 0.05) is 19.6 Å². The van der Waals surface area contributed by atoms with Crippen LogP contribution in [0.25, 0.3) is 0 Å². The van der Waals surface area contributed by atoms with Crippen LogP contribution >= 0.6 is 0 Å². The van der Waals surface area contributed by atoms with E-state index in [1.807, 2.05) is 55.5 Å². The zero-order valence-electron chi connectivity index (χ0n) is 14.6. The van der Waals surface area contributed by atoms with Crippen LogP contribution in [0.1, 0.15) is 27.3 Å². The number of benzene rings is 2. The Hall–Kier alpha value is -3.15. The molecular formula is C20H20N4O2. The summed E-state index contributed by atoms with van der Waals surface area (Å²) in [4.78, 5) is 27.1. The van der Waals surface area contributed by atoms with Crippen molar-refractivity contribution in [2.24, 2.45) is 0 Å². The number of carbonyl (C=O) groups excluding carboxylic acids is 1. The fraction of sp³-hybridized carbons (Fsp3) is 0.250. The van der Waals surface area contributed by atoms with Gasteiger partial charge in [-0.2, -0.15) is 0 Å². The summed E-state index contributed by atoms with van der Waals surface area (Å²) >= 11 is 0. The van der Waals surface area contributed by atoms with Gasteiger partial charge in [-0.1, -0.05) is 60.2 Å². The van der Waals surface area contributed by atoms with Gasteiger partial charge in [-0.25, -0.2) is 9.48 Å². The van der Waals surface area contributed by atoms with Crippen molar-refractivity contribution in [1.82, 2.24) is 19.2 Å². The molecule has 0 atom stereocenters. The molecule has 2 heterocycles. The number of nitrogens with zero attached hydrogens (tertiary/aromatic N) is 4. The van der Waals surface area contributed by atoms with Gasteiger partial charge in [0.2, 0.25) is 5.82 Å². The largest absolute Gasteiger partial charge is 0.346 e. The number of carbonyl (C=O) groups is 1. The van der Waals surface area contributed by atoms with Crippen LogP contribution in [0.15, 0.2) is 59.4 Å². The second-order valence-electron chi connectivity index (χ2n) is 6.62. The Morgan fingerprint density at radius 3 is 2.46 bits per heavy atom. The molecule has 1 amide bonds. The molecular weight excluding hydrogens is 328 g/mol. The van der Waals surface area contributed by atoms with Crippen molar-refractivity contribution in [3.05, 3.63) is 87.6 Å². The second kappa shape index (κ2) is 6.63. The van der Waals surface area contributed by atoms with Crippen LogP contribution in [-0.4, -0.2) is 31.7 Å². The molecule has 0 spiro atoms. The first-order chi connectivity index (χ1) is 12.6. The summed E-state index contributed by atoms with van der Waals surface area (Å²) in [5, 5.41) is 4.31. The zero-order chi connectivity index (χ0) is 18.1. The Morgan fingerprint density at radius 1 is 0.923 bits per heavy atom. The van der Waals surface area contributed by atoms with Crippen molar-refractivity contribution in [2.75, 3.05) is 6.54 Å². The summed E-state index contributed by atoms with van der Waals surface area (Å²) in [6.07, 6.45) is 0. The highest BCUT2D eigenvalue weighted by molar-refractivity contribution is 5.91. The molecule has 0 saturated carbocycles. The van der Waals surface area contributed by atoms with E-state index in [1.54, 1.807) is 4.90 Å². The minimum absolute atomic E-state index is 0.193. The minimum Gasteiger partial charge on any atom is -0.330 e. The first-order valence-electron chi connectivity index (χ1n) is 8.68. The number of hydrogen-bond donors (Lipinski definition) is 0. The predicted molar refractivity (Wildman–Crippen MR) is 98.0 cm³/mol. The summed E-state index contributed by atoms with van der Waals surface area (Å²) in [6, 6.07) is 17.8. The van der Waals surface area contributed by atoms with Gasteiger partial charge in [-0.15, -0.1) is 5.10 Å². The second-order valence-corrected chi connectivity index (χ2v) is 6.62. The number of amides is 1. The third-order valence-corrected chi connectivity index (χ3v) is 4.63. The number of rotatable bonds is 4. The average Bonchev–Trinajstić information content (AvgIpc) is 2.95. The van der Waals surface area contributed by atoms with E-state index >= 15 is 0 Å². The lowest BCUT2D eigenvalue weighted by molar-refractivity contribution is 0.0681. The average molecular weight is 348 g/mol. The summed E-state index contributed by atoms with van der Waals surface area (Å²) in [5.41, 5.74) is 3.00. The molecule has 0 saturated heterocycles. The molecule has 6 nitrogen and oxygen atoms in total. The monoisotopic (exact) mass is 348 g/mol. The SMILES string of the molecule is Cc1cccc(CN2CCn3c(nn(Cc4ccccc4)c3=O)C2=O)c1. The third-order valence-electron chi connectivity index (χ3n) is 4.63. The lowest BCUT2D eigenvalue weighted by atomic mass is 10.1. The maximum Gasteiger partial charge on any atom is 0.346 e. The first kappa shape index (κ1) is 16.3. The van der Waals surface area contributed by atoms with E-state index in [0.29, 0.717) is 26.2 Å². The van der Waals surface area contributed by atoms with Crippen LogP contribution in [0.2, 0.25) is 0 Å². The summed E-state index contributed by atoms with van der Waals surface area (Å²) in [7, 11) is 0. The molecule has 2 aromatic carbocycles. The van der Waals surface area contributed by atoms with Crippen LogP contribution < -0.4 is 5.69 Å². The Morgan fingerprint density at radius 2 is 1.69 bits per heavy atom. The summed E-state index contributed by atoms with van der Waals surface area (Å²) in [5.74, 6) is 0.0338. The highest BCUT2D eigenvalue weighted by Gasteiger charge is 2.29. The quantitative estimate of drug-likeness (QED) is 0.725. The van der Waals surface area contributed by atoms with Crippen LogP contribution in [0.3, 0.4) is 0 Å². The Kier molecular flexibility index (Phi) is 4.16. The molecule has 0 bridgehead atoms. The standard InChI is InChI=1S/C20H20N4O2/c1-15-6-5-9-17(12-15)13-22-10-11-23-18(19(22)25)21-24(20(23)26)14-16-7-3-2-4-8-16/h2-9,12H,10-11,13-14H2,1H3. The van der Waals surface area contributed by atoms with Gasteiger partial charge in [-0.05, 0) is 18.1 Å². The van der Waals surface area contributed by atoms with Crippen molar-refractivity contribution < 1.29 is 4.79 Å². The highest BCUT2D eigenvalue weighted by atomic mass is 16.2. The molecule has 0 radical (unpaired) electrons. The highest BCUT2D eigenvalue weighted by Crippen LogP contribution is 2.14. The number of aryl methyl sites for hydroxylation is 1. The number of fused-ring (bicyclic) bond motifs is 1. The molecule has 1 aliphatic rings. The Balaban J connectivity index is 1.58. The molecule has 3 aromatic rings. The van der Waals surface area contributed by atoms with E-state index in [1.165, 1.54) is 9.25 Å². The lowest BCUT2D eigenvalue weighted by Gasteiger charge is -2.26. The van der Waals surface area contributed by atoms with Crippen molar-refractivity contribution in [3.63, 3.8) is 0 Å². The van der Waals surface area contributed by atoms with E-state index in [9.17, 15) is 9.59 Å². The van der Waals surface area contributed by atoms with Gasteiger partial charge in [0.1, 0.15) is 0 Å². The van der Waals surface area contributed by atoms with Crippen LogP contribution in [0.4, 0.5) is 0 Å². The van der Waals surface area contributed by atoms with Crippen LogP contribution in [-0.2, 0) is 19.6 Å². The van der Waals surface area contributed by atoms with Gasteiger partial charge in [0.15, 0.2) is 0 Å². The van der Waals surface area contributed by atoms with E-state index in [4.69, 9.17) is 0 Å². The van der Waals surface area contributed by atoms with Crippen molar-refractivity contribution in [3.8, 4) is 0 Å². The minimum atomic E-state index is -0.229. The van der Waals surface area contributed by atoms with Gasteiger partial charge in [0.25, 0.3) is 5.91 Å². The summed E-state index contributed by atoms with van der Waals surface area (Å²) < 4.78 is 2.86. The van der Waals surface area contributed by atoms with Crippen LogP contribution in [0.5, 0.6) is 0 Å². The van der Waals surface area contributed by atoms with Crippen LogP contribution in [0, 0.1) is 6.92 Å². The van der Waals surface area contributed by atoms with Crippen molar-refractivity contribution in [2.45, 2.75) is 26.6 Å². The maximum absolute atomic E-state index is 12.8. The number of aromatic nitrogens is 3. The van der Waals surface area contributed by atoms with Crippen molar-refractivity contribution in [1.29, 1.82) is 0 Å². The molecule has 0 unspecified atom stereocenters.